The number of rotatable bonds is 7. The van der Waals surface area contributed by atoms with Crippen molar-refractivity contribution >= 4 is 11.8 Å². The molecule has 6 heteroatoms. The average molecular weight is 336 g/mol. The van der Waals surface area contributed by atoms with E-state index in [1.165, 1.54) is 17.3 Å². The van der Waals surface area contributed by atoms with Gasteiger partial charge in [-0.15, -0.1) is 0 Å². The minimum absolute atomic E-state index is 0.353. The number of carbonyl (C=O) groups is 1. The van der Waals surface area contributed by atoms with Crippen molar-refractivity contribution in [1.82, 2.24) is 14.8 Å². The summed E-state index contributed by atoms with van der Waals surface area (Å²) in [5.74, 6) is 0.355. The molecule has 0 radical (unpaired) electrons. The van der Waals surface area contributed by atoms with E-state index in [1.807, 2.05) is 29.1 Å². The zero-order valence-electron chi connectivity index (χ0n) is 14.1. The molecule has 0 amide bonds. The van der Waals surface area contributed by atoms with Gasteiger partial charge in [-0.3, -0.25) is 4.68 Å². The number of benzene rings is 1. The fourth-order valence-corrected chi connectivity index (χ4v) is 2.47. The predicted octanol–water partition coefficient (Wildman–Crippen LogP) is 3.12. The maximum absolute atomic E-state index is 11.6. The minimum atomic E-state index is -0.355. The van der Waals surface area contributed by atoms with E-state index < -0.39 is 0 Å². The molecule has 25 heavy (non-hydrogen) atoms. The van der Waals surface area contributed by atoms with Crippen LogP contribution in [-0.4, -0.2) is 27.3 Å². The van der Waals surface area contributed by atoms with Crippen molar-refractivity contribution in [1.29, 1.82) is 0 Å². The number of nitrogens with zero attached hydrogens (tertiary/aromatic N) is 3. The summed E-state index contributed by atoms with van der Waals surface area (Å²) < 4.78 is 6.85. The Bertz CT molecular complexity index is 814. The third-order valence-corrected chi connectivity index (χ3v) is 3.74. The van der Waals surface area contributed by atoms with Crippen LogP contribution in [0.2, 0.25) is 0 Å². The number of hydrogen-bond donors (Lipinski definition) is 1. The summed E-state index contributed by atoms with van der Waals surface area (Å²) in [7, 11) is 0. The molecule has 0 atom stereocenters. The Morgan fingerprint density at radius 1 is 1.16 bits per heavy atom. The molecule has 0 aliphatic rings. The van der Waals surface area contributed by atoms with Gasteiger partial charge < -0.3 is 10.1 Å². The molecule has 2 aromatic heterocycles. The van der Waals surface area contributed by atoms with Gasteiger partial charge in [0.15, 0.2) is 0 Å². The summed E-state index contributed by atoms with van der Waals surface area (Å²) >= 11 is 0. The Morgan fingerprint density at radius 2 is 2.00 bits per heavy atom. The lowest BCUT2D eigenvalue weighted by atomic mass is 10.1. The molecular weight excluding hydrogens is 316 g/mol. The number of esters is 1. The van der Waals surface area contributed by atoms with Crippen LogP contribution in [0, 0.1) is 0 Å². The molecule has 128 valence electrons. The lowest BCUT2D eigenvalue weighted by Gasteiger charge is -2.11. The molecule has 0 aliphatic heterocycles. The predicted molar refractivity (Wildman–Crippen MR) is 95.3 cm³/mol. The van der Waals surface area contributed by atoms with Crippen molar-refractivity contribution in [2.75, 3.05) is 11.9 Å². The first kappa shape index (κ1) is 16.7. The number of hydrogen-bond acceptors (Lipinski definition) is 5. The first-order valence-electron chi connectivity index (χ1n) is 8.17. The molecule has 2 heterocycles. The van der Waals surface area contributed by atoms with E-state index in [2.05, 4.69) is 27.5 Å². The van der Waals surface area contributed by atoms with Crippen LogP contribution in [0.3, 0.4) is 0 Å². The smallest absolute Gasteiger partial charge is 0.339 e. The van der Waals surface area contributed by atoms with Crippen LogP contribution in [0.5, 0.6) is 0 Å². The van der Waals surface area contributed by atoms with Crippen LogP contribution < -0.4 is 5.32 Å². The first-order valence-corrected chi connectivity index (χ1v) is 8.17. The maximum atomic E-state index is 11.6. The van der Waals surface area contributed by atoms with Crippen molar-refractivity contribution in [3.63, 3.8) is 0 Å². The fraction of sp³-hybridized carbons (Fsp3) is 0.211. The van der Waals surface area contributed by atoms with Crippen LogP contribution in [0.4, 0.5) is 5.82 Å². The summed E-state index contributed by atoms with van der Waals surface area (Å²) in [5.41, 5.74) is 2.82. The number of pyridine rings is 1. The summed E-state index contributed by atoms with van der Waals surface area (Å²) in [6, 6.07) is 13.6. The van der Waals surface area contributed by atoms with Gasteiger partial charge >= 0.3 is 5.97 Å². The second kappa shape index (κ2) is 8.10. The van der Waals surface area contributed by atoms with Crippen LogP contribution in [0.25, 0.3) is 0 Å². The van der Waals surface area contributed by atoms with E-state index in [0.29, 0.717) is 24.5 Å². The molecule has 1 N–H and O–H groups in total. The van der Waals surface area contributed by atoms with Gasteiger partial charge in [0, 0.05) is 25.1 Å². The van der Waals surface area contributed by atoms with Gasteiger partial charge in [-0.2, -0.15) is 5.10 Å². The molecular formula is C19H20N4O2. The van der Waals surface area contributed by atoms with Crippen LogP contribution in [-0.2, 0) is 17.8 Å². The summed E-state index contributed by atoms with van der Waals surface area (Å²) in [6.45, 7) is 3.50. The van der Waals surface area contributed by atoms with E-state index >= 15 is 0 Å². The summed E-state index contributed by atoms with van der Waals surface area (Å²) in [5, 5.41) is 7.54. The summed E-state index contributed by atoms with van der Waals surface area (Å²) in [6.07, 6.45) is 5.24. The van der Waals surface area contributed by atoms with Gasteiger partial charge in [0.2, 0.25) is 0 Å². The monoisotopic (exact) mass is 336 g/mol. The largest absolute Gasteiger partial charge is 0.462 e. The van der Waals surface area contributed by atoms with Gasteiger partial charge in [-0.25, -0.2) is 9.78 Å². The second-order valence-electron chi connectivity index (χ2n) is 5.48. The third kappa shape index (κ3) is 4.44. The Morgan fingerprint density at radius 3 is 2.68 bits per heavy atom. The zero-order valence-corrected chi connectivity index (χ0v) is 14.1. The highest BCUT2D eigenvalue weighted by Gasteiger charge is 2.07. The van der Waals surface area contributed by atoms with Crippen LogP contribution in [0.15, 0.2) is 61.1 Å². The van der Waals surface area contributed by atoms with Gasteiger partial charge in [0.25, 0.3) is 0 Å². The molecule has 0 saturated carbocycles. The molecule has 0 aliphatic carbocycles. The van der Waals surface area contributed by atoms with Crippen molar-refractivity contribution in [2.45, 2.75) is 20.0 Å². The molecule has 6 nitrogen and oxygen atoms in total. The van der Waals surface area contributed by atoms with Crippen LogP contribution >= 0.6 is 0 Å². The highest BCUT2D eigenvalue weighted by molar-refractivity contribution is 5.89. The first-order chi connectivity index (χ1) is 12.3. The lowest BCUT2D eigenvalue weighted by Crippen LogP contribution is -2.09. The number of carbonyl (C=O) groups excluding carboxylic acids is 1. The van der Waals surface area contributed by atoms with E-state index in [1.54, 1.807) is 25.3 Å². The minimum Gasteiger partial charge on any atom is -0.462 e. The van der Waals surface area contributed by atoms with Crippen molar-refractivity contribution in [3.05, 3.63) is 77.7 Å². The van der Waals surface area contributed by atoms with Crippen molar-refractivity contribution < 1.29 is 9.53 Å². The number of ether oxygens (including phenoxy) is 1. The quantitative estimate of drug-likeness (QED) is 0.671. The Kier molecular flexibility index (Phi) is 5.41. The molecule has 3 rings (SSSR count). The second-order valence-corrected chi connectivity index (χ2v) is 5.48. The lowest BCUT2D eigenvalue weighted by molar-refractivity contribution is 0.0526. The number of aromatic nitrogens is 3. The SMILES string of the molecule is CCOC(=O)c1ccc(NCc2ccccc2Cn2cccn2)nc1. The maximum Gasteiger partial charge on any atom is 0.339 e. The molecule has 0 saturated heterocycles. The van der Waals surface area contributed by atoms with Gasteiger partial charge in [-0.05, 0) is 36.2 Å². The zero-order chi connectivity index (χ0) is 17.5. The fourth-order valence-electron chi connectivity index (χ4n) is 2.47. The normalized spacial score (nSPS) is 10.4. The molecule has 0 unspecified atom stereocenters. The van der Waals surface area contributed by atoms with Gasteiger partial charge in [0.05, 0.1) is 18.7 Å². The molecule has 1 aromatic carbocycles. The topological polar surface area (TPSA) is 69.0 Å². The highest BCUT2D eigenvalue weighted by atomic mass is 16.5. The third-order valence-electron chi connectivity index (χ3n) is 3.74. The van der Waals surface area contributed by atoms with Crippen LogP contribution in [0.1, 0.15) is 28.4 Å². The summed E-state index contributed by atoms with van der Waals surface area (Å²) in [4.78, 5) is 15.9. The number of nitrogens with one attached hydrogen (secondary N) is 1. The highest BCUT2D eigenvalue weighted by Crippen LogP contribution is 2.13. The van der Waals surface area contributed by atoms with Gasteiger partial charge in [0.1, 0.15) is 5.82 Å². The Labute approximate surface area is 146 Å². The molecule has 0 fully saturated rings. The van der Waals surface area contributed by atoms with Crippen molar-refractivity contribution in [2.24, 2.45) is 0 Å². The molecule has 0 spiro atoms. The molecule has 0 bridgehead atoms. The van der Waals surface area contributed by atoms with E-state index in [9.17, 15) is 4.79 Å². The Balaban J connectivity index is 1.64. The average Bonchev–Trinajstić information content (AvgIpc) is 3.15. The van der Waals surface area contributed by atoms with Gasteiger partial charge in [-0.1, -0.05) is 24.3 Å². The standard InChI is InChI=1S/C19H20N4O2/c1-2-25-19(24)16-8-9-18(21-13-16)20-12-15-6-3-4-7-17(15)14-23-11-5-10-22-23/h3-11,13H,2,12,14H2,1H3,(H,20,21). The molecule has 3 aromatic rings. The number of anilines is 1. The van der Waals surface area contributed by atoms with Crippen molar-refractivity contribution in [3.8, 4) is 0 Å². The van der Waals surface area contributed by atoms with E-state index in [-0.39, 0.29) is 5.97 Å². The van der Waals surface area contributed by atoms with E-state index in [4.69, 9.17) is 4.74 Å². The van der Waals surface area contributed by atoms with E-state index in [0.717, 1.165) is 6.54 Å². The Hall–Kier alpha value is -3.15.